The summed E-state index contributed by atoms with van der Waals surface area (Å²) in [6.07, 6.45) is 2.60. The fraction of sp³-hybridized carbons (Fsp3) is 0.217. The summed E-state index contributed by atoms with van der Waals surface area (Å²) < 4.78 is 5.17. The Kier molecular flexibility index (Phi) is 6.63. The van der Waals surface area contributed by atoms with Gasteiger partial charge in [0.15, 0.2) is 0 Å². The number of carbonyl (C=O) groups excluding carboxylic acids is 1. The lowest BCUT2D eigenvalue weighted by atomic mass is 10.1. The summed E-state index contributed by atoms with van der Waals surface area (Å²) in [5, 5.41) is 3.34. The summed E-state index contributed by atoms with van der Waals surface area (Å²) in [6.45, 7) is 3.33. The van der Waals surface area contributed by atoms with Gasteiger partial charge in [0.25, 0.3) is 5.91 Å². The first-order chi connectivity index (χ1) is 13.7. The Balaban J connectivity index is 1.57. The normalized spacial score (nSPS) is 10.4. The van der Waals surface area contributed by atoms with Gasteiger partial charge in [0.05, 0.1) is 19.0 Å². The number of nitrogens with zero attached hydrogens (tertiary/aromatic N) is 2. The SMILES string of the molecule is CCN(C(=O)c1ccc(NCCc2ccc(OC)cc2)cn1)c1ccccc1. The number of amides is 1. The molecule has 0 aliphatic heterocycles. The van der Waals surface area contributed by atoms with Gasteiger partial charge >= 0.3 is 0 Å². The number of ether oxygens (including phenoxy) is 1. The van der Waals surface area contributed by atoms with Crippen molar-refractivity contribution in [1.29, 1.82) is 0 Å². The Labute approximate surface area is 166 Å². The molecule has 0 aliphatic carbocycles. The zero-order chi connectivity index (χ0) is 19.8. The van der Waals surface area contributed by atoms with Crippen LogP contribution in [0.4, 0.5) is 11.4 Å². The van der Waals surface area contributed by atoms with Gasteiger partial charge in [-0.2, -0.15) is 0 Å². The molecule has 0 atom stereocenters. The first kappa shape index (κ1) is 19.4. The van der Waals surface area contributed by atoms with Crippen LogP contribution in [0.2, 0.25) is 0 Å². The number of methoxy groups -OCH3 is 1. The Hall–Kier alpha value is -3.34. The van der Waals surface area contributed by atoms with E-state index in [1.54, 1.807) is 24.3 Å². The van der Waals surface area contributed by atoms with Gasteiger partial charge in [0, 0.05) is 18.8 Å². The monoisotopic (exact) mass is 375 g/mol. The smallest absolute Gasteiger partial charge is 0.276 e. The molecule has 3 aromatic rings. The second kappa shape index (κ2) is 9.55. The largest absolute Gasteiger partial charge is 0.497 e. The minimum atomic E-state index is -0.0986. The Morgan fingerprint density at radius 3 is 2.39 bits per heavy atom. The van der Waals surface area contributed by atoms with Crippen LogP contribution in [0.5, 0.6) is 5.75 Å². The van der Waals surface area contributed by atoms with Gasteiger partial charge in [-0.25, -0.2) is 4.98 Å². The van der Waals surface area contributed by atoms with Gasteiger partial charge < -0.3 is 15.0 Å². The third-order valence-corrected chi connectivity index (χ3v) is 4.51. The molecule has 0 saturated heterocycles. The quantitative estimate of drug-likeness (QED) is 0.634. The Morgan fingerprint density at radius 2 is 1.79 bits per heavy atom. The molecule has 144 valence electrons. The molecular weight excluding hydrogens is 350 g/mol. The van der Waals surface area contributed by atoms with Crippen LogP contribution in [0.1, 0.15) is 23.0 Å². The molecule has 0 fully saturated rings. The maximum absolute atomic E-state index is 12.8. The predicted molar refractivity (Wildman–Crippen MR) is 113 cm³/mol. The van der Waals surface area contributed by atoms with Gasteiger partial charge in [0.2, 0.25) is 0 Å². The number of rotatable bonds is 8. The molecule has 5 heteroatoms. The van der Waals surface area contributed by atoms with E-state index in [-0.39, 0.29) is 5.91 Å². The van der Waals surface area contributed by atoms with Crippen molar-refractivity contribution in [2.75, 3.05) is 30.4 Å². The molecular formula is C23H25N3O2. The van der Waals surface area contributed by atoms with Crippen LogP contribution in [-0.2, 0) is 6.42 Å². The molecule has 0 radical (unpaired) electrons. The topological polar surface area (TPSA) is 54.5 Å². The summed E-state index contributed by atoms with van der Waals surface area (Å²) in [5.41, 5.74) is 3.44. The zero-order valence-electron chi connectivity index (χ0n) is 16.3. The number of nitrogens with one attached hydrogen (secondary N) is 1. The average Bonchev–Trinajstić information content (AvgIpc) is 2.76. The van der Waals surface area contributed by atoms with Gasteiger partial charge in [-0.15, -0.1) is 0 Å². The van der Waals surface area contributed by atoms with Crippen molar-refractivity contribution in [3.05, 3.63) is 84.2 Å². The van der Waals surface area contributed by atoms with Crippen molar-refractivity contribution in [2.24, 2.45) is 0 Å². The zero-order valence-corrected chi connectivity index (χ0v) is 16.3. The second-order valence-electron chi connectivity index (χ2n) is 6.34. The molecule has 2 aromatic carbocycles. The molecule has 0 unspecified atom stereocenters. The van der Waals surface area contributed by atoms with E-state index >= 15 is 0 Å². The minimum absolute atomic E-state index is 0.0986. The molecule has 28 heavy (non-hydrogen) atoms. The predicted octanol–water partition coefficient (Wildman–Crippen LogP) is 4.41. The molecule has 5 nitrogen and oxygen atoms in total. The number of carbonyl (C=O) groups is 1. The number of para-hydroxylation sites is 1. The Bertz CT molecular complexity index is 878. The molecule has 1 N–H and O–H groups in total. The summed E-state index contributed by atoms with van der Waals surface area (Å²) in [7, 11) is 1.66. The second-order valence-corrected chi connectivity index (χ2v) is 6.34. The summed E-state index contributed by atoms with van der Waals surface area (Å²) in [5.74, 6) is 0.760. The van der Waals surface area contributed by atoms with Crippen molar-refractivity contribution in [3.8, 4) is 5.75 Å². The van der Waals surface area contributed by atoms with Crippen molar-refractivity contribution < 1.29 is 9.53 Å². The highest BCUT2D eigenvalue weighted by Crippen LogP contribution is 2.17. The lowest BCUT2D eigenvalue weighted by Crippen LogP contribution is -2.31. The van der Waals surface area contributed by atoms with Gasteiger partial charge in [-0.1, -0.05) is 30.3 Å². The fourth-order valence-electron chi connectivity index (χ4n) is 2.96. The molecule has 0 spiro atoms. The van der Waals surface area contributed by atoms with Crippen LogP contribution in [-0.4, -0.2) is 31.1 Å². The van der Waals surface area contributed by atoms with Crippen molar-refractivity contribution in [1.82, 2.24) is 4.98 Å². The van der Waals surface area contributed by atoms with Crippen LogP contribution in [0.25, 0.3) is 0 Å². The van der Waals surface area contributed by atoms with E-state index in [9.17, 15) is 4.79 Å². The third-order valence-electron chi connectivity index (χ3n) is 4.51. The number of hydrogen-bond donors (Lipinski definition) is 1. The molecule has 0 bridgehead atoms. The maximum atomic E-state index is 12.8. The molecule has 1 aromatic heterocycles. The molecule has 0 saturated carbocycles. The van der Waals surface area contributed by atoms with Crippen LogP contribution in [0, 0.1) is 0 Å². The first-order valence-corrected chi connectivity index (χ1v) is 9.41. The third kappa shape index (κ3) is 4.88. The highest BCUT2D eigenvalue weighted by atomic mass is 16.5. The highest BCUT2D eigenvalue weighted by molar-refractivity contribution is 6.04. The van der Waals surface area contributed by atoms with Gasteiger partial charge in [-0.05, 0) is 55.3 Å². The van der Waals surface area contributed by atoms with Crippen molar-refractivity contribution >= 4 is 17.3 Å². The van der Waals surface area contributed by atoms with Gasteiger partial charge in [0.1, 0.15) is 11.4 Å². The van der Waals surface area contributed by atoms with E-state index in [1.807, 2.05) is 55.5 Å². The van der Waals surface area contributed by atoms with E-state index in [4.69, 9.17) is 4.74 Å². The van der Waals surface area contributed by atoms with Crippen molar-refractivity contribution in [3.63, 3.8) is 0 Å². The van der Waals surface area contributed by atoms with Crippen LogP contribution in [0.3, 0.4) is 0 Å². The number of benzene rings is 2. The molecule has 1 heterocycles. The average molecular weight is 375 g/mol. The summed E-state index contributed by atoms with van der Waals surface area (Å²) in [4.78, 5) is 18.8. The summed E-state index contributed by atoms with van der Waals surface area (Å²) in [6, 6.07) is 21.3. The van der Waals surface area contributed by atoms with E-state index in [0.29, 0.717) is 12.2 Å². The number of aromatic nitrogens is 1. The Morgan fingerprint density at radius 1 is 1.04 bits per heavy atom. The van der Waals surface area contributed by atoms with E-state index in [1.165, 1.54) is 5.56 Å². The van der Waals surface area contributed by atoms with Crippen LogP contribution in [0.15, 0.2) is 72.9 Å². The highest BCUT2D eigenvalue weighted by Gasteiger charge is 2.16. The lowest BCUT2D eigenvalue weighted by Gasteiger charge is -2.20. The first-order valence-electron chi connectivity index (χ1n) is 9.41. The maximum Gasteiger partial charge on any atom is 0.276 e. The lowest BCUT2D eigenvalue weighted by molar-refractivity contribution is 0.0983. The molecule has 0 aliphatic rings. The number of anilines is 2. The van der Waals surface area contributed by atoms with Gasteiger partial charge in [-0.3, -0.25) is 4.79 Å². The van der Waals surface area contributed by atoms with E-state index in [2.05, 4.69) is 22.4 Å². The number of pyridine rings is 1. The standard InChI is InChI=1S/C23H25N3O2/c1-3-26(20-7-5-4-6-8-20)23(27)22-14-11-19(17-25-22)24-16-15-18-9-12-21(28-2)13-10-18/h4-14,17,24H,3,15-16H2,1-2H3. The fourth-order valence-corrected chi connectivity index (χ4v) is 2.96. The molecule has 3 rings (SSSR count). The van der Waals surface area contributed by atoms with E-state index in [0.717, 1.165) is 30.1 Å². The van der Waals surface area contributed by atoms with E-state index < -0.39 is 0 Å². The molecule has 1 amide bonds. The minimum Gasteiger partial charge on any atom is -0.497 e. The van der Waals surface area contributed by atoms with Crippen molar-refractivity contribution in [2.45, 2.75) is 13.3 Å². The number of hydrogen-bond acceptors (Lipinski definition) is 4. The summed E-state index contributed by atoms with van der Waals surface area (Å²) >= 11 is 0. The van der Waals surface area contributed by atoms with Crippen LogP contribution >= 0.6 is 0 Å². The van der Waals surface area contributed by atoms with Crippen LogP contribution < -0.4 is 15.0 Å².